The van der Waals surface area contributed by atoms with Gasteiger partial charge in [0.1, 0.15) is 0 Å². The summed E-state index contributed by atoms with van der Waals surface area (Å²) >= 11 is 3.09. The van der Waals surface area contributed by atoms with Crippen LogP contribution in [0.1, 0.15) is 0 Å². The molecule has 0 aliphatic rings. The monoisotopic (exact) mass is 444 g/mol. The van der Waals surface area contributed by atoms with Crippen LogP contribution in [0, 0.1) is 0 Å². The van der Waals surface area contributed by atoms with Crippen LogP contribution in [0.15, 0.2) is 65.3 Å². The summed E-state index contributed by atoms with van der Waals surface area (Å²) in [6.45, 7) is 0. The molecule has 0 aliphatic carbocycles. The van der Waals surface area contributed by atoms with Crippen molar-refractivity contribution in [2.75, 3.05) is 7.11 Å². The van der Waals surface area contributed by atoms with E-state index in [-0.39, 0.29) is 20.7 Å². The summed E-state index contributed by atoms with van der Waals surface area (Å²) in [6.07, 6.45) is 2.18. The van der Waals surface area contributed by atoms with Crippen LogP contribution in [0.4, 0.5) is 0 Å². The van der Waals surface area contributed by atoms with Gasteiger partial charge in [0.15, 0.2) is 0 Å². The fourth-order valence-electron chi connectivity index (χ4n) is 1.93. The molecule has 0 amide bonds. The van der Waals surface area contributed by atoms with Crippen LogP contribution < -0.4 is 7.53 Å². The second-order valence-electron chi connectivity index (χ2n) is 4.30. The van der Waals surface area contributed by atoms with Gasteiger partial charge in [0.25, 0.3) is 0 Å². The average Bonchev–Trinajstić information content (AvgIpc) is 2.98. The van der Waals surface area contributed by atoms with Crippen molar-refractivity contribution in [3.05, 3.63) is 65.3 Å². The molecular formula is C16H13BrNOTe+. The topological polar surface area (TPSA) is 13.1 Å². The predicted octanol–water partition coefficient (Wildman–Crippen LogP) is 3.46. The maximum absolute atomic E-state index is 5.20. The van der Waals surface area contributed by atoms with Gasteiger partial charge in [-0.1, -0.05) is 0 Å². The number of benzene rings is 2. The molecule has 1 aromatic heterocycles. The van der Waals surface area contributed by atoms with Crippen LogP contribution in [-0.2, 0) is 0 Å². The predicted molar refractivity (Wildman–Crippen MR) is 84.6 cm³/mol. The number of rotatable bonds is 3. The molecule has 4 heteroatoms. The van der Waals surface area contributed by atoms with Crippen LogP contribution >= 0.6 is 15.9 Å². The molecule has 0 aliphatic heterocycles. The van der Waals surface area contributed by atoms with Crippen LogP contribution in [-0.4, -0.2) is 27.8 Å². The second-order valence-corrected chi connectivity index (χ2v) is 8.12. The summed E-state index contributed by atoms with van der Waals surface area (Å²) in [7, 11) is 1.69. The Morgan fingerprint density at radius 2 is 1.65 bits per heavy atom. The summed E-state index contributed by atoms with van der Waals surface area (Å²) in [5.41, 5.74) is 2.56. The van der Waals surface area contributed by atoms with Crippen molar-refractivity contribution in [3.8, 4) is 20.6 Å². The quantitative estimate of drug-likeness (QED) is 0.566. The third-order valence-corrected chi connectivity index (χ3v) is 6.68. The maximum atomic E-state index is 5.20. The van der Waals surface area contributed by atoms with Gasteiger partial charge in [-0.3, -0.25) is 0 Å². The van der Waals surface area contributed by atoms with E-state index in [1.165, 1.54) is 14.8 Å². The molecule has 0 saturated carbocycles. The third kappa shape index (κ3) is 2.98. The zero-order chi connectivity index (χ0) is 13.9. The molecule has 0 N–H and O–H groups in total. The van der Waals surface area contributed by atoms with Crippen LogP contribution in [0.25, 0.3) is 14.8 Å². The van der Waals surface area contributed by atoms with Gasteiger partial charge in [0.05, 0.1) is 0 Å². The Morgan fingerprint density at radius 1 is 0.950 bits per heavy atom. The van der Waals surface area contributed by atoms with Crippen molar-refractivity contribution in [3.63, 3.8) is 0 Å². The molecule has 3 aromatic rings. The molecule has 0 fully saturated rings. The Bertz CT molecular complexity index is 704. The van der Waals surface area contributed by atoms with Gasteiger partial charge in [-0.2, -0.15) is 0 Å². The van der Waals surface area contributed by atoms with Crippen LogP contribution in [0.2, 0.25) is 0 Å². The van der Waals surface area contributed by atoms with E-state index in [1.54, 1.807) is 7.11 Å². The molecule has 2 nitrogen and oxygen atoms in total. The first kappa shape index (κ1) is 13.9. The zero-order valence-electron chi connectivity index (χ0n) is 10.9. The van der Waals surface area contributed by atoms with E-state index >= 15 is 0 Å². The van der Waals surface area contributed by atoms with Gasteiger partial charge < -0.3 is 0 Å². The number of ether oxygens (including phenoxy) is 1. The summed E-state index contributed by atoms with van der Waals surface area (Å²) in [5.74, 6) is 0.898. The van der Waals surface area contributed by atoms with E-state index in [0.717, 1.165) is 10.2 Å². The molecule has 100 valence electrons. The molecule has 0 saturated heterocycles. The van der Waals surface area contributed by atoms with E-state index in [2.05, 4.69) is 67.4 Å². The summed E-state index contributed by atoms with van der Waals surface area (Å²) in [5, 5.41) is 0. The van der Waals surface area contributed by atoms with Crippen LogP contribution in [0.5, 0.6) is 5.75 Å². The Balaban J connectivity index is 1.91. The molecular weight excluding hydrogens is 430 g/mol. The van der Waals surface area contributed by atoms with Gasteiger partial charge in [0.2, 0.25) is 0 Å². The number of nitrogens with zero attached hydrogens (tertiary/aromatic N) is 1. The summed E-state index contributed by atoms with van der Waals surface area (Å²) < 4.78 is 10.1. The standard InChI is InChI=1S/C16H13BrNOTe/c1-19-15-8-6-14(7-9-15)18-11-10-16(20-18)12-2-4-13(17)5-3-12/h2-11H,1H3/q+1. The van der Waals surface area contributed by atoms with E-state index in [0.29, 0.717) is 0 Å². The molecule has 0 atom stereocenters. The van der Waals surface area contributed by atoms with Gasteiger partial charge in [-0.25, -0.2) is 0 Å². The number of hydrogen-bond donors (Lipinski definition) is 0. The average molecular weight is 443 g/mol. The van der Waals surface area contributed by atoms with Gasteiger partial charge in [-0.15, -0.1) is 0 Å². The SMILES string of the molecule is COc1ccc(-[n+]2ccc(-c3ccc(Br)cc3)[te]2)cc1. The zero-order valence-corrected chi connectivity index (χ0v) is 14.8. The first-order valence-electron chi connectivity index (χ1n) is 6.18. The van der Waals surface area contributed by atoms with Gasteiger partial charge in [-0.05, 0) is 0 Å². The Morgan fingerprint density at radius 3 is 2.30 bits per heavy atom. The third-order valence-electron chi connectivity index (χ3n) is 3.01. The van der Waals surface area contributed by atoms with Crippen molar-refractivity contribution in [1.82, 2.24) is 0 Å². The van der Waals surface area contributed by atoms with Crippen molar-refractivity contribution in [1.29, 1.82) is 0 Å². The van der Waals surface area contributed by atoms with Crippen molar-refractivity contribution >= 4 is 36.6 Å². The van der Waals surface area contributed by atoms with Crippen molar-refractivity contribution in [2.45, 2.75) is 0 Å². The fraction of sp³-hybridized carbons (Fsp3) is 0.0625. The molecule has 2 aromatic carbocycles. The van der Waals surface area contributed by atoms with Gasteiger partial charge in [0, 0.05) is 0 Å². The fourth-order valence-corrected chi connectivity index (χ4v) is 4.83. The van der Waals surface area contributed by atoms with Crippen LogP contribution in [0.3, 0.4) is 0 Å². The molecule has 1 heterocycles. The van der Waals surface area contributed by atoms with E-state index in [1.807, 2.05) is 12.1 Å². The molecule has 0 spiro atoms. The minimum absolute atomic E-state index is 0.386. The summed E-state index contributed by atoms with van der Waals surface area (Å²) in [4.78, 5) is 0. The Kier molecular flexibility index (Phi) is 4.26. The number of methoxy groups -OCH3 is 1. The Hall–Kier alpha value is -1.08. The first-order chi connectivity index (χ1) is 9.76. The first-order valence-corrected chi connectivity index (χ1v) is 9.18. The number of aromatic nitrogens is 1. The normalized spacial score (nSPS) is 10.5. The van der Waals surface area contributed by atoms with Gasteiger partial charge >= 0.3 is 137 Å². The summed E-state index contributed by atoms with van der Waals surface area (Å²) in [6, 6.07) is 19.0. The molecule has 20 heavy (non-hydrogen) atoms. The van der Waals surface area contributed by atoms with E-state index in [9.17, 15) is 0 Å². The van der Waals surface area contributed by atoms with E-state index in [4.69, 9.17) is 4.74 Å². The number of halogens is 1. The Labute approximate surface area is 136 Å². The minimum atomic E-state index is -0.386. The molecule has 3 rings (SSSR count). The molecule has 0 unspecified atom stereocenters. The number of hydrogen-bond acceptors (Lipinski definition) is 1. The van der Waals surface area contributed by atoms with Crippen molar-refractivity contribution < 1.29 is 7.53 Å². The second kappa shape index (κ2) is 6.13. The molecule has 0 radical (unpaired) electrons. The molecule has 0 bridgehead atoms. The van der Waals surface area contributed by atoms with E-state index < -0.39 is 0 Å². The van der Waals surface area contributed by atoms with Crippen molar-refractivity contribution in [2.24, 2.45) is 0 Å².